The van der Waals surface area contributed by atoms with Crippen molar-refractivity contribution in [1.29, 1.82) is 0 Å². The van der Waals surface area contributed by atoms with Crippen molar-refractivity contribution in [3.05, 3.63) is 65.0 Å². The lowest BCUT2D eigenvalue weighted by molar-refractivity contribution is 1.12. The summed E-state index contributed by atoms with van der Waals surface area (Å²) in [6, 6.07) is 17.2. The summed E-state index contributed by atoms with van der Waals surface area (Å²) >= 11 is 1.82. The minimum atomic E-state index is 0.886. The monoisotopic (exact) mass is 267 g/mol. The fourth-order valence-electron chi connectivity index (χ4n) is 2.27. The van der Waals surface area contributed by atoms with Crippen LogP contribution in [0.5, 0.6) is 0 Å². The molecule has 2 aromatic carbocycles. The molecule has 0 fully saturated rings. The number of fused-ring (bicyclic) bond motifs is 1. The Balaban J connectivity index is 1.78. The Morgan fingerprint density at radius 1 is 1.05 bits per heavy atom. The predicted molar refractivity (Wildman–Crippen MR) is 85.0 cm³/mol. The maximum Gasteiger partial charge on any atom is 0.0415 e. The van der Waals surface area contributed by atoms with Crippen molar-refractivity contribution in [3.63, 3.8) is 0 Å². The van der Waals surface area contributed by atoms with E-state index in [-0.39, 0.29) is 0 Å². The Bertz CT molecular complexity index is 684. The molecular formula is C17H17NS. The number of thiophene rings is 1. The predicted octanol–water partition coefficient (Wildman–Crippen LogP) is 5.08. The molecule has 0 aliphatic carbocycles. The van der Waals surface area contributed by atoms with Crippen LogP contribution in [0.1, 0.15) is 18.1 Å². The van der Waals surface area contributed by atoms with Gasteiger partial charge in [0.05, 0.1) is 0 Å². The SMILES string of the molecule is CCc1cccc(NCc2csc3ccccc23)c1. The zero-order valence-electron chi connectivity index (χ0n) is 11.0. The average molecular weight is 267 g/mol. The van der Waals surface area contributed by atoms with Crippen LogP contribution in [0.2, 0.25) is 0 Å². The van der Waals surface area contributed by atoms with Gasteiger partial charge in [-0.05, 0) is 46.5 Å². The van der Waals surface area contributed by atoms with Gasteiger partial charge < -0.3 is 5.32 Å². The highest BCUT2D eigenvalue weighted by molar-refractivity contribution is 7.17. The van der Waals surface area contributed by atoms with Crippen LogP contribution in [-0.4, -0.2) is 0 Å². The van der Waals surface area contributed by atoms with E-state index in [2.05, 4.69) is 66.2 Å². The summed E-state index contributed by atoms with van der Waals surface area (Å²) in [4.78, 5) is 0. The van der Waals surface area contributed by atoms with Crippen molar-refractivity contribution in [2.24, 2.45) is 0 Å². The van der Waals surface area contributed by atoms with Gasteiger partial charge in [0.1, 0.15) is 0 Å². The van der Waals surface area contributed by atoms with Gasteiger partial charge in [-0.25, -0.2) is 0 Å². The second kappa shape index (κ2) is 5.45. The van der Waals surface area contributed by atoms with Crippen LogP contribution in [0, 0.1) is 0 Å². The van der Waals surface area contributed by atoms with E-state index in [0.29, 0.717) is 0 Å². The molecule has 0 spiro atoms. The largest absolute Gasteiger partial charge is 0.381 e. The molecule has 3 aromatic rings. The normalized spacial score (nSPS) is 10.8. The Kier molecular flexibility index (Phi) is 3.51. The van der Waals surface area contributed by atoms with Gasteiger partial charge in [0.25, 0.3) is 0 Å². The molecule has 1 nitrogen and oxygen atoms in total. The van der Waals surface area contributed by atoms with Gasteiger partial charge in [-0.15, -0.1) is 11.3 Å². The number of benzene rings is 2. The van der Waals surface area contributed by atoms with Gasteiger partial charge in [0, 0.05) is 16.9 Å². The van der Waals surface area contributed by atoms with Crippen LogP contribution in [0.4, 0.5) is 5.69 Å². The average Bonchev–Trinajstić information content (AvgIpc) is 2.89. The highest BCUT2D eigenvalue weighted by atomic mass is 32.1. The Labute approximate surface area is 117 Å². The highest BCUT2D eigenvalue weighted by Crippen LogP contribution is 2.26. The lowest BCUT2D eigenvalue weighted by Crippen LogP contribution is -1.98. The fourth-order valence-corrected chi connectivity index (χ4v) is 3.23. The highest BCUT2D eigenvalue weighted by Gasteiger charge is 2.03. The molecule has 1 aromatic heterocycles. The summed E-state index contributed by atoms with van der Waals surface area (Å²) < 4.78 is 1.36. The summed E-state index contributed by atoms with van der Waals surface area (Å²) in [5.41, 5.74) is 3.96. The van der Waals surface area contributed by atoms with Crippen molar-refractivity contribution >= 4 is 27.1 Å². The zero-order valence-corrected chi connectivity index (χ0v) is 11.8. The molecule has 0 saturated heterocycles. The van der Waals surface area contributed by atoms with E-state index in [9.17, 15) is 0 Å². The Morgan fingerprint density at radius 2 is 1.95 bits per heavy atom. The molecule has 96 valence electrons. The van der Waals surface area contributed by atoms with Crippen molar-refractivity contribution in [2.45, 2.75) is 19.9 Å². The summed E-state index contributed by atoms with van der Waals surface area (Å²) in [7, 11) is 0. The first-order chi connectivity index (χ1) is 9.36. The van der Waals surface area contributed by atoms with Crippen LogP contribution < -0.4 is 5.32 Å². The first-order valence-electron chi connectivity index (χ1n) is 6.64. The van der Waals surface area contributed by atoms with Crippen LogP contribution in [0.15, 0.2) is 53.9 Å². The Hall–Kier alpha value is -1.80. The van der Waals surface area contributed by atoms with Gasteiger partial charge in [0.2, 0.25) is 0 Å². The van der Waals surface area contributed by atoms with Crippen LogP contribution in [0.3, 0.4) is 0 Å². The third-order valence-corrected chi connectivity index (χ3v) is 4.39. The molecule has 1 N–H and O–H groups in total. The topological polar surface area (TPSA) is 12.0 Å². The molecule has 2 heteroatoms. The van der Waals surface area contributed by atoms with E-state index in [1.165, 1.54) is 26.9 Å². The minimum absolute atomic E-state index is 0.886. The molecule has 1 heterocycles. The maximum absolute atomic E-state index is 3.52. The van der Waals surface area contributed by atoms with Crippen molar-refractivity contribution in [2.75, 3.05) is 5.32 Å². The summed E-state index contributed by atoms with van der Waals surface area (Å²) in [5.74, 6) is 0. The van der Waals surface area contributed by atoms with E-state index in [1.54, 1.807) is 0 Å². The molecule has 0 saturated carbocycles. The van der Waals surface area contributed by atoms with Gasteiger partial charge in [0.15, 0.2) is 0 Å². The summed E-state index contributed by atoms with van der Waals surface area (Å²) in [5, 5.41) is 7.14. The molecular weight excluding hydrogens is 250 g/mol. The summed E-state index contributed by atoms with van der Waals surface area (Å²) in [6.45, 7) is 3.07. The number of hydrogen-bond acceptors (Lipinski definition) is 2. The third-order valence-electron chi connectivity index (χ3n) is 3.38. The van der Waals surface area contributed by atoms with E-state index < -0.39 is 0 Å². The second-order valence-electron chi connectivity index (χ2n) is 4.66. The second-order valence-corrected chi connectivity index (χ2v) is 5.58. The van der Waals surface area contributed by atoms with Gasteiger partial charge in [-0.2, -0.15) is 0 Å². The van der Waals surface area contributed by atoms with E-state index in [0.717, 1.165) is 13.0 Å². The smallest absolute Gasteiger partial charge is 0.0415 e. The first-order valence-corrected chi connectivity index (χ1v) is 7.52. The van der Waals surface area contributed by atoms with Crippen molar-refractivity contribution < 1.29 is 0 Å². The van der Waals surface area contributed by atoms with Crippen LogP contribution in [-0.2, 0) is 13.0 Å². The summed E-state index contributed by atoms with van der Waals surface area (Å²) in [6.07, 6.45) is 1.08. The van der Waals surface area contributed by atoms with E-state index in [4.69, 9.17) is 0 Å². The van der Waals surface area contributed by atoms with Crippen molar-refractivity contribution in [1.82, 2.24) is 0 Å². The molecule has 0 amide bonds. The standard InChI is InChI=1S/C17H17NS/c1-2-13-6-5-7-15(10-13)18-11-14-12-19-17-9-4-3-8-16(14)17/h3-10,12,18H,2,11H2,1H3. The minimum Gasteiger partial charge on any atom is -0.381 e. The molecule has 0 aliphatic heterocycles. The quantitative estimate of drug-likeness (QED) is 0.695. The van der Waals surface area contributed by atoms with Crippen molar-refractivity contribution in [3.8, 4) is 0 Å². The van der Waals surface area contributed by atoms with Crippen LogP contribution >= 0.6 is 11.3 Å². The molecule has 0 bridgehead atoms. The number of hydrogen-bond donors (Lipinski definition) is 1. The van der Waals surface area contributed by atoms with Gasteiger partial charge in [-0.3, -0.25) is 0 Å². The Morgan fingerprint density at radius 3 is 2.84 bits per heavy atom. The number of aryl methyl sites for hydroxylation is 1. The molecule has 0 atom stereocenters. The number of rotatable bonds is 4. The van der Waals surface area contributed by atoms with E-state index in [1.807, 2.05) is 11.3 Å². The van der Waals surface area contributed by atoms with Crippen LogP contribution in [0.25, 0.3) is 10.1 Å². The molecule has 19 heavy (non-hydrogen) atoms. The number of nitrogens with one attached hydrogen (secondary N) is 1. The third kappa shape index (κ3) is 2.64. The van der Waals surface area contributed by atoms with Gasteiger partial charge >= 0.3 is 0 Å². The molecule has 0 radical (unpaired) electrons. The zero-order chi connectivity index (χ0) is 13.1. The first kappa shape index (κ1) is 12.2. The lowest BCUT2D eigenvalue weighted by atomic mass is 10.1. The van der Waals surface area contributed by atoms with E-state index >= 15 is 0 Å². The molecule has 3 rings (SSSR count). The number of anilines is 1. The molecule has 0 aliphatic rings. The molecule has 0 unspecified atom stereocenters. The van der Waals surface area contributed by atoms with Gasteiger partial charge in [-0.1, -0.05) is 37.3 Å². The fraction of sp³-hybridized carbons (Fsp3) is 0.176. The lowest BCUT2D eigenvalue weighted by Gasteiger charge is -2.07. The maximum atomic E-state index is 3.52.